The van der Waals surface area contributed by atoms with Gasteiger partial charge in [0.15, 0.2) is 6.61 Å². The Hall–Kier alpha value is -1.94. The number of amides is 1. The molecular weight excluding hydrogens is 318 g/mol. The van der Waals surface area contributed by atoms with E-state index < -0.39 is 0 Å². The van der Waals surface area contributed by atoms with Crippen LogP contribution in [-0.2, 0) is 17.6 Å². The topological polar surface area (TPSA) is 38.3 Å². The van der Waals surface area contributed by atoms with Crippen LogP contribution >= 0.6 is 11.8 Å². The molecule has 1 aliphatic carbocycles. The molecule has 0 saturated carbocycles. The van der Waals surface area contributed by atoms with E-state index in [9.17, 15) is 4.79 Å². The first kappa shape index (κ1) is 16.9. The van der Waals surface area contributed by atoms with Crippen LogP contribution in [-0.4, -0.2) is 24.8 Å². The van der Waals surface area contributed by atoms with E-state index in [0.717, 1.165) is 24.3 Å². The lowest BCUT2D eigenvalue weighted by Gasteiger charge is -2.19. The van der Waals surface area contributed by atoms with E-state index in [0.29, 0.717) is 6.54 Å². The third-order valence-corrected chi connectivity index (χ3v) is 5.16. The Morgan fingerprint density at radius 2 is 1.88 bits per heavy atom. The Kier molecular flexibility index (Phi) is 6.19. The summed E-state index contributed by atoms with van der Waals surface area (Å²) >= 11 is 1.74. The summed E-state index contributed by atoms with van der Waals surface area (Å²) in [7, 11) is 0. The third-order valence-electron chi connectivity index (χ3n) is 4.15. The molecule has 0 radical (unpaired) electrons. The summed E-state index contributed by atoms with van der Waals surface area (Å²) < 4.78 is 5.76. The molecular formula is C20H23NO2S. The second-order valence-electron chi connectivity index (χ2n) is 5.90. The van der Waals surface area contributed by atoms with Crippen molar-refractivity contribution in [1.29, 1.82) is 0 Å². The fourth-order valence-corrected chi connectivity index (χ4v) is 3.74. The largest absolute Gasteiger partial charge is 0.483 e. The van der Waals surface area contributed by atoms with Crippen LogP contribution in [0.2, 0.25) is 0 Å². The Morgan fingerprint density at radius 1 is 1.04 bits per heavy atom. The van der Waals surface area contributed by atoms with Gasteiger partial charge in [0.2, 0.25) is 0 Å². The Labute approximate surface area is 147 Å². The van der Waals surface area contributed by atoms with Gasteiger partial charge in [0.1, 0.15) is 5.75 Å². The average Bonchev–Trinajstić information content (AvgIpc) is 2.64. The van der Waals surface area contributed by atoms with Crippen molar-refractivity contribution in [2.45, 2.75) is 30.6 Å². The molecule has 126 valence electrons. The Balaban J connectivity index is 1.40. The highest BCUT2D eigenvalue weighted by molar-refractivity contribution is 7.99. The van der Waals surface area contributed by atoms with E-state index in [1.54, 1.807) is 11.8 Å². The average molecular weight is 341 g/mol. The third kappa shape index (κ3) is 4.78. The highest BCUT2D eigenvalue weighted by Gasteiger charge is 2.14. The van der Waals surface area contributed by atoms with Crippen LogP contribution in [0.1, 0.15) is 24.0 Å². The van der Waals surface area contributed by atoms with E-state index >= 15 is 0 Å². The summed E-state index contributed by atoms with van der Waals surface area (Å²) in [5.41, 5.74) is 2.66. The standard InChI is InChI=1S/C20H23NO2S/c22-20(21-13-14-24-17-9-2-1-3-10-17)15-23-19-12-6-8-16-7-4-5-11-18(16)19/h1-3,6,8-10,12H,4-5,7,11,13-15H2,(H,21,22). The van der Waals surface area contributed by atoms with Gasteiger partial charge in [-0.2, -0.15) is 0 Å². The van der Waals surface area contributed by atoms with Crippen molar-refractivity contribution in [3.63, 3.8) is 0 Å². The normalized spacial score (nSPS) is 13.2. The first-order valence-corrected chi connectivity index (χ1v) is 9.49. The van der Waals surface area contributed by atoms with Crippen molar-refractivity contribution in [2.24, 2.45) is 0 Å². The van der Waals surface area contributed by atoms with Gasteiger partial charge in [0, 0.05) is 17.2 Å². The van der Waals surface area contributed by atoms with Crippen molar-refractivity contribution < 1.29 is 9.53 Å². The van der Waals surface area contributed by atoms with Crippen LogP contribution in [0.4, 0.5) is 0 Å². The molecule has 0 bridgehead atoms. The van der Waals surface area contributed by atoms with E-state index in [-0.39, 0.29) is 12.5 Å². The fraction of sp³-hybridized carbons (Fsp3) is 0.350. The Bertz CT molecular complexity index is 673. The molecule has 2 aromatic rings. The zero-order valence-electron chi connectivity index (χ0n) is 13.8. The second kappa shape index (κ2) is 8.78. The van der Waals surface area contributed by atoms with E-state index in [4.69, 9.17) is 4.74 Å². The van der Waals surface area contributed by atoms with Crippen LogP contribution in [0.5, 0.6) is 5.75 Å². The molecule has 24 heavy (non-hydrogen) atoms. The van der Waals surface area contributed by atoms with Gasteiger partial charge in [-0.25, -0.2) is 0 Å². The number of thioether (sulfide) groups is 1. The summed E-state index contributed by atoms with van der Waals surface area (Å²) in [5.74, 6) is 1.68. The Morgan fingerprint density at radius 3 is 2.75 bits per heavy atom. The van der Waals surface area contributed by atoms with Crippen LogP contribution in [0.3, 0.4) is 0 Å². The van der Waals surface area contributed by atoms with Crippen LogP contribution in [0.25, 0.3) is 0 Å². The predicted molar refractivity (Wildman–Crippen MR) is 98.8 cm³/mol. The van der Waals surface area contributed by atoms with Crippen molar-refractivity contribution in [3.8, 4) is 5.75 Å². The van der Waals surface area contributed by atoms with Crippen molar-refractivity contribution in [3.05, 3.63) is 59.7 Å². The van der Waals surface area contributed by atoms with E-state index in [1.165, 1.54) is 28.9 Å². The number of fused-ring (bicyclic) bond motifs is 1. The summed E-state index contributed by atoms with van der Waals surface area (Å²) in [6.07, 6.45) is 4.63. The van der Waals surface area contributed by atoms with Crippen molar-refractivity contribution in [2.75, 3.05) is 18.9 Å². The zero-order valence-corrected chi connectivity index (χ0v) is 14.6. The first-order valence-electron chi connectivity index (χ1n) is 8.51. The molecule has 0 atom stereocenters. The molecule has 2 aromatic carbocycles. The summed E-state index contributed by atoms with van der Waals surface area (Å²) in [5, 5.41) is 2.92. The minimum Gasteiger partial charge on any atom is -0.483 e. The number of carbonyl (C=O) groups is 1. The van der Waals surface area contributed by atoms with Gasteiger partial charge in [-0.3, -0.25) is 4.79 Å². The van der Waals surface area contributed by atoms with Crippen LogP contribution < -0.4 is 10.1 Å². The summed E-state index contributed by atoms with van der Waals surface area (Å²) in [6.45, 7) is 0.737. The van der Waals surface area contributed by atoms with Gasteiger partial charge in [0.25, 0.3) is 5.91 Å². The number of carbonyl (C=O) groups excluding carboxylic acids is 1. The SMILES string of the molecule is O=C(COc1cccc2c1CCCC2)NCCSc1ccccc1. The first-order chi connectivity index (χ1) is 11.8. The molecule has 0 unspecified atom stereocenters. The van der Waals surface area contributed by atoms with Gasteiger partial charge < -0.3 is 10.1 Å². The molecule has 3 rings (SSSR count). The van der Waals surface area contributed by atoms with Gasteiger partial charge in [-0.1, -0.05) is 30.3 Å². The molecule has 1 amide bonds. The van der Waals surface area contributed by atoms with E-state index in [1.807, 2.05) is 30.3 Å². The lowest BCUT2D eigenvalue weighted by atomic mass is 9.91. The van der Waals surface area contributed by atoms with Gasteiger partial charge in [-0.05, 0) is 55.0 Å². The predicted octanol–water partition coefficient (Wildman–Crippen LogP) is 3.85. The number of rotatable bonds is 7. The van der Waals surface area contributed by atoms with Crippen molar-refractivity contribution in [1.82, 2.24) is 5.32 Å². The molecule has 4 heteroatoms. The molecule has 0 heterocycles. The maximum Gasteiger partial charge on any atom is 0.257 e. The number of aryl methyl sites for hydroxylation is 1. The monoisotopic (exact) mass is 341 g/mol. The highest BCUT2D eigenvalue weighted by atomic mass is 32.2. The van der Waals surface area contributed by atoms with Gasteiger partial charge in [-0.15, -0.1) is 11.8 Å². The fourth-order valence-electron chi connectivity index (χ4n) is 2.95. The zero-order chi connectivity index (χ0) is 16.6. The van der Waals surface area contributed by atoms with Crippen LogP contribution in [0.15, 0.2) is 53.4 Å². The minimum atomic E-state index is -0.0583. The molecule has 1 aliphatic rings. The number of benzene rings is 2. The molecule has 0 spiro atoms. The number of hydrogen-bond acceptors (Lipinski definition) is 3. The lowest BCUT2D eigenvalue weighted by molar-refractivity contribution is -0.122. The summed E-state index contributed by atoms with van der Waals surface area (Å²) in [4.78, 5) is 13.2. The van der Waals surface area contributed by atoms with Crippen molar-refractivity contribution >= 4 is 17.7 Å². The lowest BCUT2D eigenvalue weighted by Crippen LogP contribution is -2.30. The molecule has 0 aliphatic heterocycles. The number of ether oxygens (including phenoxy) is 1. The molecule has 3 nitrogen and oxygen atoms in total. The second-order valence-corrected chi connectivity index (χ2v) is 7.07. The van der Waals surface area contributed by atoms with E-state index in [2.05, 4.69) is 23.5 Å². The quantitative estimate of drug-likeness (QED) is 0.614. The van der Waals surface area contributed by atoms with Gasteiger partial charge in [0.05, 0.1) is 0 Å². The summed E-state index contributed by atoms with van der Waals surface area (Å²) in [6, 6.07) is 16.4. The van der Waals surface area contributed by atoms with Gasteiger partial charge >= 0.3 is 0 Å². The maximum atomic E-state index is 12.0. The maximum absolute atomic E-state index is 12.0. The smallest absolute Gasteiger partial charge is 0.257 e. The molecule has 0 aromatic heterocycles. The molecule has 0 saturated heterocycles. The molecule has 1 N–H and O–H groups in total. The highest BCUT2D eigenvalue weighted by Crippen LogP contribution is 2.29. The minimum absolute atomic E-state index is 0.0583. The van der Waals surface area contributed by atoms with Crippen LogP contribution in [0, 0.1) is 0 Å². The number of nitrogens with one attached hydrogen (secondary N) is 1. The molecule has 0 fully saturated rings. The number of hydrogen-bond donors (Lipinski definition) is 1.